The molecule has 8 heteroatoms. The lowest BCUT2D eigenvalue weighted by molar-refractivity contribution is -0.146. The van der Waals surface area contributed by atoms with E-state index in [1.54, 1.807) is 6.92 Å². The lowest BCUT2D eigenvalue weighted by Crippen LogP contribution is -2.42. The summed E-state index contributed by atoms with van der Waals surface area (Å²) in [5.41, 5.74) is -0.966. The Morgan fingerprint density at radius 3 is 2.80 bits per heavy atom. The topological polar surface area (TPSA) is 56.2 Å². The summed E-state index contributed by atoms with van der Waals surface area (Å²) in [6, 6.07) is 0.449. The standard InChI is InChI=1S/C12H16F3N3O2/c1-2-20-11(19)9(16-8-3-4-8)7-18-6-5-10(17-18)12(13,14)15/h5-6,8-9,16H,2-4,7H2,1H3. The molecule has 0 radical (unpaired) electrons. The second-order valence-corrected chi connectivity index (χ2v) is 4.67. The number of halogens is 3. The van der Waals surface area contributed by atoms with Crippen molar-refractivity contribution in [1.29, 1.82) is 0 Å². The monoisotopic (exact) mass is 291 g/mol. The summed E-state index contributed by atoms with van der Waals surface area (Å²) < 4.78 is 43.4. The molecule has 2 rings (SSSR count). The highest BCUT2D eigenvalue weighted by Gasteiger charge is 2.34. The van der Waals surface area contributed by atoms with Crippen LogP contribution in [0, 0.1) is 0 Å². The molecule has 0 bridgehead atoms. The Hall–Kier alpha value is -1.57. The van der Waals surface area contributed by atoms with Gasteiger partial charge in [0.05, 0.1) is 13.2 Å². The first-order chi connectivity index (χ1) is 9.40. The van der Waals surface area contributed by atoms with Crippen molar-refractivity contribution < 1.29 is 22.7 Å². The van der Waals surface area contributed by atoms with E-state index in [0.717, 1.165) is 23.6 Å². The van der Waals surface area contributed by atoms with Gasteiger partial charge >= 0.3 is 12.1 Å². The molecule has 0 saturated heterocycles. The van der Waals surface area contributed by atoms with Crippen molar-refractivity contribution >= 4 is 5.97 Å². The van der Waals surface area contributed by atoms with Gasteiger partial charge in [0, 0.05) is 12.2 Å². The molecule has 1 atom stereocenters. The molecule has 1 aliphatic rings. The van der Waals surface area contributed by atoms with E-state index in [9.17, 15) is 18.0 Å². The highest BCUT2D eigenvalue weighted by molar-refractivity contribution is 5.75. The second kappa shape index (κ2) is 5.82. The summed E-state index contributed by atoms with van der Waals surface area (Å²) in [4.78, 5) is 11.8. The number of carbonyl (C=O) groups excluding carboxylic acids is 1. The molecular formula is C12H16F3N3O2. The van der Waals surface area contributed by atoms with Gasteiger partial charge in [-0.25, -0.2) is 0 Å². The molecule has 1 aromatic heterocycles. The molecule has 5 nitrogen and oxygen atoms in total. The third-order valence-corrected chi connectivity index (χ3v) is 2.89. The normalized spacial score (nSPS) is 17.0. The molecule has 0 amide bonds. The second-order valence-electron chi connectivity index (χ2n) is 4.67. The van der Waals surface area contributed by atoms with Crippen molar-refractivity contribution in [2.45, 2.75) is 44.6 Å². The van der Waals surface area contributed by atoms with Crippen LogP contribution in [0.3, 0.4) is 0 Å². The molecule has 1 heterocycles. The number of nitrogens with zero attached hydrogens (tertiary/aromatic N) is 2. The molecule has 0 aromatic carbocycles. The zero-order valence-corrected chi connectivity index (χ0v) is 11.0. The predicted molar refractivity (Wildman–Crippen MR) is 63.8 cm³/mol. The number of esters is 1. The Morgan fingerprint density at radius 2 is 2.30 bits per heavy atom. The molecule has 1 unspecified atom stereocenters. The number of hydrogen-bond donors (Lipinski definition) is 1. The number of alkyl halides is 3. The van der Waals surface area contributed by atoms with Crippen molar-refractivity contribution in [3.05, 3.63) is 18.0 Å². The zero-order valence-electron chi connectivity index (χ0n) is 11.0. The highest BCUT2D eigenvalue weighted by atomic mass is 19.4. The summed E-state index contributed by atoms with van der Waals surface area (Å²) in [6.07, 6.45) is -1.34. The number of carbonyl (C=O) groups is 1. The van der Waals surface area contributed by atoms with E-state index in [1.165, 1.54) is 6.20 Å². The van der Waals surface area contributed by atoms with Crippen LogP contribution < -0.4 is 5.32 Å². The highest BCUT2D eigenvalue weighted by Crippen LogP contribution is 2.27. The lowest BCUT2D eigenvalue weighted by atomic mass is 10.3. The van der Waals surface area contributed by atoms with Gasteiger partial charge in [-0.1, -0.05) is 0 Å². The zero-order chi connectivity index (χ0) is 14.8. The minimum Gasteiger partial charge on any atom is -0.465 e. The molecule has 20 heavy (non-hydrogen) atoms. The van der Waals surface area contributed by atoms with Crippen LogP contribution in [-0.4, -0.2) is 34.4 Å². The van der Waals surface area contributed by atoms with E-state index in [0.29, 0.717) is 0 Å². The first-order valence-electron chi connectivity index (χ1n) is 6.43. The molecule has 1 N–H and O–H groups in total. The van der Waals surface area contributed by atoms with Crippen molar-refractivity contribution in [1.82, 2.24) is 15.1 Å². The fourth-order valence-corrected chi connectivity index (χ4v) is 1.77. The molecular weight excluding hydrogens is 275 g/mol. The van der Waals surface area contributed by atoms with Crippen LogP contribution in [0.5, 0.6) is 0 Å². The van der Waals surface area contributed by atoms with E-state index in [2.05, 4.69) is 10.4 Å². The van der Waals surface area contributed by atoms with Crippen molar-refractivity contribution in [2.24, 2.45) is 0 Å². The van der Waals surface area contributed by atoms with Gasteiger partial charge in [0.1, 0.15) is 6.04 Å². The fourth-order valence-electron chi connectivity index (χ4n) is 1.77. The lowest BCUT2D eigenvalue weighted by Gasteiger charge is -2.17. The molecule has 1 saturated carbocycles. The van der Waals surface area contributed by atoms with Gasteiger partial charge in [0.2, 0.25) is 0 Å². The molecule has 1 aliphatic carbocycles. The summed E-state index contributed by atoms with van der Waals surface area (Å²) in [5, 5.41) is 6.49. The number of ether oxygens (including phenoxy) is 1. The summed E-state index contributed by atoms with van der Waals surface area (Å²) in [6.45, 7) is 1.93. The predicted octanol–water partition coefficient (Wildman–Crippen LogP) is 1.59. The Balaban J connectivity index is 2.02. The Labute approximate surface area is 114 Å². The SMILES string of the molecule is CCOC(=O)C(Cn1ccc(C(F)(F)F)n1)NC1CC1. The minimum atomic E-state index is -4.48. The van der Waals surface area contributed by atoms with E-state index in [1.807, 2.05) is 0 Å². The Kier molecular flexibility index (Phi) is 4.32. The van der Waals surface area contributed by atoms with Crippen LogP contribution in [0.2, 0.25) is 0 Å². The van der Waals surface area contributed by atoms with Crippen LogP contribution in [0.25, 0.3) is 0 Å². The van der Waals surface area contributed by atoms with Crippen LogP contribution in [-0.2, 0) is 22.3 Å². The van der Waals surface area contributed by atoms with Crippen LogP contribution >= 0.6 is 0 Å². The van der Waals surface area contributed by atoms with Gasteiger partial charge in [-0.05, 0) is 25.8 Å². The van der Waals surface area contributed by atoms with Gasteiger partial charge in [-0.3, -0.25) is 9.48 Å². The first kappa shape index (κ1) is 14.8. The van der Waals surface area contributed by atoms with E-state index in [-0.39, 0.29) is 19.2 Å². The summed E-state index contributed by atoms with van der Waals surface area (Å²) >= 11 is 0. The number of aromatic nitrogens is 2. The third kappa shape index (κ3) is 3.96. The molecule has 0 spiro atoms. The van der Waals surface area contributed by atoms with Gasteiger partial charge in [0.15, 0.2) is 5.69 Å². The number of nitrogens with one attached hydrogen (secondary N) is 1. The van der Waals surface area contributed by atoms with Gasteiger partial charge in [0.25, 0.3) is 0 Å². The molecule has 1 fully saturated rings. The van der Waals surface area contributed by atoms with Crippen LogP contribution in [0.4, 0.5) is 13.2 Å². The van der Waals surface area contributed by atoms with Gasteiger partial charge < -0.3 is 10.1 Å². The van der Waals surface area contributed by atoms with E-state index >= 15 is 0 Å². The smallest absolute Gasteiger partial charge is 0.435 e. The van der Waals surface area contributed by atoms with Crippen molar-refractivity contribution in [2.75, 3.05) is 6.61 Å². The third-order valence-electron chi connectivity index (χ3n) is 2.89. The summed E-state index contributed by atoms with van der Waals surface area (Å²) in [7, 11) is 0. The average molecular weight is 291 g/mol. The fraction of sp³-hybridized carbons (Fsp3) is 0.667. The molecule has 1 aromatic rings. The van der Waals surface area contributed by atoms with Crippen molar-refractivity contribution in [3.63, 3.8) is 0 Å². The number of hydrogen-bond acceptors (Lipinski definition) is 4. The van der Waals surface area contributed by atoms with Crippen LogP contribution in [0.15, 0.2) is 12.3 Å². The maximum atomic E-state index is 12.5. The van der Waals surface area contributed by atoms with E-state index in [4.69, 9.17) is 4.74 Å². The minimum absolute atomic E-state index is 0.0193. The molecule has 0 aliphatic heterocycles. The Morgan fingerprint density at radius 1 is 1.60 bits per heavy atom. The Bertz CT molecular complexity index is 469. The number of rotatable bonds is 6. The summed E-state index contributed by atoms with van der Waals surface area (Å²) in [5.74, 6) is -0.469. The average Bonchev–Trinajstić information content (AvgIpc) is 3.03. The molecule has 112 valence electrons. The maximum absolute atomic E-state index is 12.5. The van der Waals surface area contributed by atoms with Crippen molar-refractivity contribution in [3.8, 4) is 0 Å². The largest absolute Gasteiger partial charge is 0.465 e. The maximum Gasteiger partial charge on any atom is 0.435 e. The van der Waals surface area contributed by atoms with Gasteiger partial charge in [-0.2, -0.15) is 18.3 Å². The van der Waals surface area contributed by atoms with E-state index < -0.39 is 23.9 Å². The van der Waals surface area contributed by atoms with Crippen LogP contribution in [0.1, 0.15) is 25.5 Å². The first-order valence-corrected chi connectivity index (χ1v) is 6.43. The quantitative estimate of drug-likeness (QED) is 0.809. The van der Waals surface area contributed by atoms with Gasteiger partial charge in [-0.15, -0.1) is 0 Å².